The number of hydrogen-bond acceptors (Lipinski definition) is 1. The average Bonchev–Trinajstić information content (AvgIpc) is 2.26. The minimum absolute atomic E-state index is 0.148. The van der Waals surface area contributed by atoms with Gasteiger partial charge in [0, 0.05) is 16.9 Å². The smallest absolute Gasteiger partial charge is 0.170 e. The second-order valence-electron chi connectivity index (χ2n) is 5.48. The van der Waals surface area contributed by atoms with Crippen molar-refractivity contribution in [2.24, 2.45) is 5.41 Å². The van der Waals surface area contributed by atoms with Crippen LogP contribution in [0.4, 0.5) is 0 Å². The molecule has 0 unspecified atom stereocenters. The number of halogens is 1. The summed E-state index contributed by atoms with van der Waals surface area (Å²) in [5.41, 5.74) is 4.85. The summed E-state index contributed by atoms with van der Waals surface area (Å²) in [6.45, 7) is 11.9. The topological polar surface area (TPSA) is 17.1 Å². The van der Waals surface area contributed by atoms with E-state index < -0.39 is 5.41 Å². The molecule has 1 nitrogen and oxygen atoms in total. The maximum Gasteiger partial charge on any atom is 0.170 e. The summed E-state index contributed by atoms with van der Waals surface area (Å²) in [4.78, 5) is 12.6. The number of carbonyl (C=O) groups excluding carboxylic acids is 1. The summed E-state index contributed by atoms with van der Waals surface area (Å²) < 4.78 is 0. The van der Waals surface area contributed by atoms with Crippen molar-refractivity contribution in [3.8, 4) is 0 Å². The van der Waals surface area contributed by atoms with Crippen LogP contribution < -0.4 is 0 Å². The molecule has 0 N–H and O–H groups in total. The van der Waals surface area contributed by atoms with Crippen LogP contribution in [0, 0.1) is 33.1 Å². The number of benzene rings is 1. The first kappa shape index (κ1) is 14.2. The lowest BCUT2D eigenvalue weighted by molar-refractivity contribution is 0.0860. The summed E-state index contributed by atoms with van der Waals surface area (Å²) in [5.74, 6) is 0.492. The fourth-order valence-corrected chi connectivity index (χ4v) is 2.08. The highest BCUT2D eigenvalue weighted by Gasteiger charge is 2.30. The van der Waals surface area contributed by atoms with Gasteiger partial charge in [0.2, 0.25) is 0 Å². The van der Waals surface area contributed by atoms with Crippen LogP contribution in [0.3, 0.4) is 0 Å². The highest BCUT2D eigenvalue weighted by Crippen LogP contribution is 2.30. The Morgan fingerprint density at radius 2 is 1.53 bits per heavy atom. The van der Waals surface area contributed by atoms with Gasteiger partial charge < -0.3 is 0 Å². The van der Waals surface area contributed by atoms with Gasteiger partial charge >= 0.3 is 0 Å². The molecule has 0 spiro atoms. The quantitative estimate of drug-likeness (QED) is 0.577. The Balaban J connectivity index is 3.47. The molecule has 0 aliphatic rings. The van der Waals surface area contributed by atoms with Crippen LogP contribution >= 0.6 is 11.6 Å². The molecule has 0 saturated carbocycles. The first-order valence-electron chi connectivity index (χ1n) is 5.90. The van der Waals surface area contributed by atoms with Gasteiger partial charge in [-0.25, -0.2) is 0 Å². The first-order valence-corrected chi connectivity index (χ1v) is 6.44. The molecule has 0 amide bonds. The van der Waals surface area contributed by atoms with E-state index in [1.165, 1.54) is 11.1 Å². The van der Waals surface area contributed by atoms with Crippen LogP contribution in [0.2, 0.25) is 0 Å². The Hall–Kier alpha value is -0.820. The van der Waals surface area contributed by atoms with Crippen molar-refractivity contribution in [3.63, 3.8) is 0 Å². The normalized spacial score (nSPS) is 11.7. The molecule has 1 aromatic rings. The third-order valence-electron chi connectivity index (χ3n) is 3.54. The van der Waals surface area contributed by atoms with Crippen molar-refractivity contribution in [1.82, 2.24) is 0 Å². The minimum atomic E-state index is -0.503. The summed E-state index contributed by atoms with van der Waals surface area (Å²) in [6.07, 6.45) is 0. The molecule has 0 heterocycles. The average molecular weight is 253 g/mol. The molecular weight excluding hydrogens is 232 g/mol. The van der Waals surface area contributed by atoms with Crippen molar-refractivity contribution < 1.29 is 4.79 Å². The van der Waals surface area contributed by atoms with Crippen molar-refractivity contribution in [1.29, 1.82) is 0 Å². The molecule has 0 aliphatic carbocycles. The SMILES string of the molecule is Cc1cc(C)c(C)c(C(=O)C(C)(C)CCl)c1C. The van der Waals surface area contributed by atoms with Crippen molar-refractivity contribution >= 4 is 17.4 Å². The summed E-state index contributed by atoms with van der Waals surface area (Å²) in [5, 5.41) is 0. The molecule has 0 saturated heterocycles. The van der Waals surface area contributed by atoms with Crippen LogP contribution in [0.25, 0.3) is 0 Å². The van der Waals surface area contributed by atoms with Crippen LogP contribution in [-0.4, -0.2) is 11.7 Å². The number of Topliss-reactive ketones (excluding diaryl/α,β-unsaturated/α-hetero) is 1. The van der Waals surface area contributed by atoms with Gasteiger partial charge in [0.1, 0.15) is 0 Å². The third-order valence-corrected chi connectivity index (χ3v) is 4.21. The number of rotatable bonds is 3. The Bertz CT molecular complexity index is 432. The fraction of sp³-hybridized carbons (Fsp3) is 0.533. The van der Waals surface area contributed by atoms with Gasteiger partial charge in [0.15, 0.2) is 5.78 Å². The minimum Gasteiger partial charge on any atom is -0.294 e. The second kappa shape index (κ2) is 4.81. The lowest BCUT2D eigenvalue weighted by Crippen LogP contribution is -2.28. The molecule has 1 aromatic carbocycles. The van der Waals surface area contributed by atoms with Gasteiger partial charge in [-0.3, -0.25) is 4.79 Å². The molecule has 0 aromatic heterocycles. The summed E-state index contributed by atoms with van der Waals surface area (Å²) in [6, 6.07) is 2.13. The van der Waals surface area contributed by atoms with E-state index in [0.717, 1.165) is 16.7 Å². The summed E-state index contributed by atoms with van der Waals surface area (Å²) >= 11 is 5.90. The lowest BCUT2D eigenvalue weighted by atomic mass is 9.81. The zero-order valence-electron chi connectivity index (χ0n) is 11.6. The molecule has 94 valence electrons. The highest BCUT2D eigenvalue weighted by atomic mass is 35.5. The molecule has 0 bridgehead atoms. The highest BCUT2D eigenvalue weighted by molar-refractivity contribution is 6.21. The van der Waals surface area contributed by atoms with E-state index in [1.54, 1.807) is 0 Å². The molecule has 17 heavy (non-hydrogen) atoms. The summed E-state index contributed by atoms with van der Waals surface area (Å²) in [7, 11) is 0. The van der Waals surface area contributed by atoms with Crippen LogP contribution in [0.15, 0.2) is 6.07 Å². The molecule has 0 atom stereocenters. The van der Waals surface area contributed by atoms with E-state index in [0.29, 0.717) is 5.88 Å². The third kappa shape index (κ3) is 2.55. The lowest BCUT2D eigenvalue weighted by Gasteiger charge is -2.23. The van der Waals surface area contributed by atoms with Crippen LogP contribution in [-0.2, 0) is 0 Å². The molecule has 0 fully saturated rings. The van der Waals surface area contributed by atoms with Crippen molar-refractivity contribution in [2.45, 2.75) is 41.5 Å². The molecule has 0 aliphatic heterocycles. The molecular formula is C15H21ClO. The zero-order valence-corrected chi connectivity index (χ0v) is 12.3. The Morgan fingerprint density at radius 3 is 1.88 bits per heavy atom. The Morgan fingerprint density at radius 1 is 1.12 bits per heavy atom. The predicted molar refractivity (Wildman–Crippen MR) is 74.2 cm³/mol. The number of aryl methyl sites for hydroxylation is 2. The monoisotopic (exact) mass is 252 g/mol. The van der Waals surface area contributed by atoms with E-state index in [2.05, 4.69) is 6.07 Å². The van der Waals surface area contributed by atoms with E-state index in [-0.39, 0.29) is 5.78 Å². The van der Waals surface area contributed by atoms with Gasteiger partial charge in [-0.2, -0.15) is 0 Å². The number of hydrogen-bond donors (Lipinski definition) is 0. The van der Waals surface area contributed by atoms with Gasteiger partial charge in [0.05, 0.1) is 0 Å². The molecule has 2 heteroatoms. The largest absolute Gasteiger partial charge is 0.294 e. The first-order chi connectivity index (χ1) is 7.72. The van der Waals surface area contributed by atoms with E-state index in [1.807, 2.05) is 41.5 Å². The number of alkyl halides is 1. The molecule has 1 rings (SSSR count). The second-order valence-corrected chi connectivity index (χ2v) is 5.75. The standard InChI is InChI=1S/C15H21ClO/c1-9-7-10(2)12(4)13(11(9)3)14(17)15(5,6)8-16/h7H,8H2,1-6H3. The van der Waals surface area contributed by atoms with Crippen LogP contribution in [0.5, 0.6) is 0 Å². The Kier molecular flexibility index (Phi) is 4.03. The molecule has 0 radical (unpaired) electrons. The van der Waals surface area contributed by atoms with E-state index >= 15 is 0 Å². The van der Waals surface area contributed by atoms with E-state index in [4.69, 9.17) is 11.6 Å². The fourth-order valence-electron chi connectivity index (χ4n) is 1.96. The van der Waals surface area contributed by atoms with Crippen molar-refractivity contribution in [2.75, 3.05) is 5.88 Å². The maximum atomic E-state index is 12.6. The Labute approximate surface area is 109 Å². The number of ketones is 1. The van der Waals surface area contributed by atoms with Crippen molar-refractivity contribution in [3.05, 3.63) is 33.9 Å². The van der Waals surface area contributed by atoms with Gasteiger partial charge in [-0.1, -0.05) is 19.9 Å². The maximum absolute atomic E-state index is 12.6. The van der Waals surface area contributed by atoms with Crippen LogP contribution in [0.1, 0.15) is 46.5 Å². The predicted octanol–water partition coefficient (Wildman–Crippen LogP) is 4.37. The van der Waals surface area contributed by atoms with E-state index in [9.17, 15) is 4.79 Å². The van der Waals surface area contributed by atoms with Gasteiger partial charge in [-0.05, 0) is 49.9 Å². The van der Waals surface area contributed by atoms with Gasteiger partial charge in [0.25, 0.3) is 0 Å². The van der Waals surface area contributed by atoms with Gasteiger partial charge in [-0.15, -0.1) is 11.6 Å². The zero-order chi connectivity index (χ0) is 13.4. The number of carbonyl (C=O) groups is 1.